The number of carbonyl (C=O) groups excluding carboxylic acids is 2. The van der Waals surface area contributed by atoms with Gasteiger partial charge in [0.05, 0.1) is 17.2 Å². The topological polar surface area (TPSA) is 83.6 Å². The Labute approximate surface area is 137 Å². The van der Waals surface area contributed by atoms with Crippen LogP contribution in [-0.4, -0.2) is 51.0 Å². The van der Waals surface area contributed by atoms with Crippen LogP contribution in [0.4, 0.5) is 0 Å². The zero-order valence-corrected chi connectivity index (χ0v) is 14.6. The van der Waals surface area contributed by atoms with Crippen LogP contribution in [0.5, 0.6) is 0 Å². The molecule has 23 heavy (non-hydrogen) atoms. The Morgan fingerprint density at radius 3 is 2.35 bits per heavy atom. The molecule has 1 N–H and O–H groups in total. The van der Waals surface area contributed by atoms with Crippen LogP contribution in [0.1, 0.15) is 25.3 Å². The quantitative estimate of drug-likeness (QED) is 0.769. The second kappa shape index (κ2) is 8.67. The molecule has 0 aliphatic heterocycles. The third-order valence-corrected chi connectivity index (χ3v) is 5.08. The van der Waals surface area contributed by atoms with Crippen molar-refractivity contribution in [3.05, 3.63) is 29.8 Å². The number of hydrogen-bond donors (Lipinski definition) is 1. The van der Waals surface area contributed by atoms with Crippen molar-refractivity contribution in [1.29, 1.82) is 0 Å². The molecule has 0 aromatic heterocycles. The Morgan fingerprint density at radius 2 is 1.78 bits per heavy atom. The fourth-order valence-electron chi connectivity index (χ4n) is 1.90. The van der Waals surface area contributed by atoms with Crippen molar-refractivity contribution in [3.8, 4) is 0 Å². The molecular formula is C16H24N2O4S. The van der Waals surface area contributed by atoms with Gasteiger partial charge in [-0.3, -0.25) is 9.59 Å². The molecule has 1 aromatic rings. The molecule has 0 heterocycles. The van der Waals surface area contributed by atoms with Crippen LogP contribution >= 0.6 is 0 Å². The fourth-order valence-corrected chi connectivity index (χ4v) is 3.13. The van der Waals surface area contributed by atoms with Crippen molar-refractivity contribution in [2.24, 2.45) is 0 Å². The zero-order chi connectivity index (χ0) is 17.5. The first-order chi connectivity index (χ1) is 10.8. The molecule has 128 valence electrons. The van der Waals surface area contributed by atoms with Crippen LogP contribution in [0.25, 0.3) is 0 Å². The summed E-state index contributed by atoms with van der Waals surface area (Å²) in [6.07, 6.45) is 0.673. The molecule has 0 unspecified atom stereocenters. The molecule has 0 radical (unpaired) electrons. The summed E-state index contributed by atoms with van der Waals surface area (Å²) in [5.74, 6) is -0.882. The Kier molecular flexibility index (Phi) is 7.22. The summed E-state index contributed by atoms with van der Waals surface area (Å²) in [5, 5.41) is 2.67. The average molecular weight is 340 g/mol. The van der Waals surface area contributed by atoms with E-state index in [0.29, 0.717) is 6.54 Å². The predicted molar refractivity (Wildman–Crippen MR) is 88.8 cm³/mol. The van der Waals surface area contributed by atoms with E-state index in [-0.39, 0.29) is 35.4 Å². The Bertz CT molecular complexity index is 639. The van der Waals surface area contributed by atoms with E-state index in [1.165, 1.54) is 24.1 Å². The van der Waals surface area contributed by atoms with Crippen LogP contribution in [-0.2, 0) is 19.4 Å². The average Bonchev–Trinajstić information content (AvgIpc) is 2.51. The lowest BCUT2D eigenvalue weighted by Crippen LogP contribution is -2.39. The summed E-state index contributed by atoms with van der Waals surface area (Å²) in [6, 6.07) is 6.52. The monoisotopic (exact) mass is 340 g/mol. The van der Waals surface area contributed by atoms with Gasteiger partial charge in [-0.25, -0.2) is 8.42 Å². The van der Waals surface area contributed by atoms with Crippen molar-refractivity contribution in [2.45, 2.75) is 31.6 Å². The highest BCUT2D eigenvalue weighted by molar-refractivity contribution is 7.91. The number of sulfone groups is 1. The number of benzene rings is 1. The Morgan fingerprint density at radius 1 is 1.17 bits per heavy atom. The second-order valence-electron chi connectivity index (χ2n) is 5.48. The van der Waals surface area contributed by atoms with Crippen molar-refractivity contribution in [3.63, 3.8) is 0 Å². The predicted octanol–water partition coefficient (Wildman–Crippen LogP) is 1.14. The van der Waals surface area contributed by atoms with Gasteiger partial charge in [-0.05, 0) is 25.5 Å². The molecule has 0 aliphatic rings. The molecule has 0 saturated carbocycles. The molecule has 1 aromatic carbocycles. The van der Waals surface area contributed by atoms with Gasteiger partial charge in [0.2, 0.25) is 11.8 Å². The van der Waals surface area contributed by atoms with Gasteiger partial charge >= 0.3 is 0 Å². The lowest BCUT2D eigenvalue weighted by Gasteiger charge is -2.16. The molecule has 7 heteroatoms. The first-order valence-electron chi connectivity index (χ1n) is 7.56. The first-order valence-corrected chi connectivity index (χ1v) is 9.21. The summed E-state index contributed by atoms with van der Waals surface area (Å²) in [5.41, 5.74) is 0.970. The number of aryl methyl sites for hydroxylation is 1. The van der Waals surface area contributed by atoms with Gasteiger partial charge in [-0.1, -0.05) is 24.6 Å². The van der Waals surface area contributed by atoms with Crippen molar-refractivity contribution >= 4 is 21.7 Å². The van der Waals surface area contributed by atoms with E-state index >= 15 is 0 Å². The highest BCUT2D eigenvalue weighted by Crippen LogP contribution is 2.13. The summed E-state index contributed by atoms with van der Waals surface area (Å²) >= 11 is 0. The van der Waals surface area contributed by atoms with Gasteiger partial charge < -0.3 is 10.2 Å². The van der Waals surface area contributed by atoms with Crippen molar-refractivity contribution in [1.82, 2.24) is 10.2 Å². The second-order valence-corrected chi connectivity index (χ2v) is 7.59. The molecule has 0 spiro atoms. The molecule has 6 nitrogen and oxygen atoms in total. The van der Waals surface area contributed by atoms with E-state index in [9.17, 15) is 18.0 Å². The van der Waals surface area contributed by atoms with E-state index in [1.54, 1.807) is 12.1 Å². The SMILES string of the molecule is CCCNC(=O)CN(C)C(=O)CCS(=O)(=O)c1ccc(C)cc1. The number of amides is 2. The number of likely N-dealkylation sites (N-methyl/N-ethyl adjacent to an activating group) is 1. The molecule has 0 atom stereocenters. The third-order valence-electron chi connectivity index (χ3n) is 3.34. The van der Waals surface area contributed by atoms with Gasteiger partial charge in [0.15, 0.2) is 9.84 Å². The maximum absolute atomic E-state index is 12.2. The lowest BCUT2D eigenvalue weighted by atomic mass is 10.2. The smallest absolute Gasteiger partial charge is 0.239 e. The molecule has 0 bridgehead atoms. The molecule has 2 amide bonds. The highest BCUT2D eigenvalue weighted by Gasteiger charge is 2.19. The standard InChI is InChI=1S/C16H24N2O4S/c1-4-10-17-15(19)12-18(3)16(20)9-11-23(21,22)14-7-5-13(2)6-8-14/h5-8H,4,9-12H2,1-3H3,(H,17,19). The van der Waals surface area contributed by atoms with Crippen LogP contribution in [0, 0.1) is 6.92 Å². The maximum atomic E-state index is 12.2. The van der Waals surface area contributed by atoms with Gasteiger partial charge in [0, 0.05) is 20.0 Å². The minimum absolute atomic E-state index is 0.0661. The first kappa shape index (κ1) is 19.2. The van der Waals surface area contributed by atoms with Gasteiger partial charge in [0.25, 0.3) is 0 Å². The highest BCUT2D eigenvalue weighted by atomic mass is 32.2. The van der Waals surface area contributed by atoms with Crippen molar-refractivity contribution < 1.29 is 18.0 Å². The Hall–Kier alpha value is -1.89. The minimum atomic E-state index is -3.50. The molecule has 0 aliphatic carbocycles. The number of rotatable bonds is 8. The fraction of sp³-hybridized carbons (Fsp3) is 0.500. The van der Waals surface area contributed by atoms with Crippen LogP contribution in [0.2, 0.25) is 0 Å². The van der Waals surface area contributed by atoms with Gasteiger partial charge in [-0.15, -0.1) is 0 Å². The largest absolute Gasteiger partial charge is 0.355 e. The van der Waals surface area contributed by atoms with Gasteiger partial charge in [0.1, 0.15) is 0 Å². The number of hydrogen-bond acceptors (Lipinski definition) is 4. The summed E-state index contributed by atoms with van der Waals surface area (Å²) in [7, 11) is -2.00. The van der Waals surface area contributed by atoms with E-state index in [4.69, 9.17) is 0 Å². The normalized spacial score (nSPS) is 11.1. The van der Waals surface area contributed by atoms with Crippen molar-refractivity contribution in [2.75, 3.05) is 25.9 Å². The number of nitrogens with one attached hydrogen (secondary N) is 1. The summed E-state index contributed by atoms with van der Waals surface area (Å²) in [4.78, 5) is 25.0. The molecule has 0 fully saturated rings. The number of nitrogens with zero attached hydrogens (tertiary/aromatic N) is 1. The van der Waals surface area contributed by atoms with Crippen LogP contribution in [0.3, 0.4) is 0 Å². The number of carbonyl (C=O) groups is 2. The summed E-state index contributed by atoms with van der Waals surface area (Å²) < 4.78 is 24.4. The molecule has 0 saturated heterocycles. The zero-order valence-electron chi connectivity index (χ0n) is 13.8. The molecule has 1 rings (SSSR count). The Balaban J connectivity index is 2.54. The molecular weight excluding hydrogens is 316 g/mol. The minimum Gasteiger partial charge on any atom is -0.355 e. The van der Waals surface area contributed by atoms with E-state index in [2.05, 4.69) is 5.32 Å². The van der Waals surface area contributed by atoms with Gasteiger partial charge in [-0.2, -0.15) is 0 Å². The van der Waals surface area contributed by atoms with Crippen LogP contribution in [0.15, 0.2) is 29.2 Å². The maximum Gasteiger partial charge on any atom is 0.239 e. The third kappa shape index (κ3) is 6.40. The van der Waals surface area contributed by atoms with Crippen LogP contribution < -0.4 is 5.32 Å². The van der Waals surface area contributed by atoms with E-state index < -0.39 is 9.84 Å². The van der Waals surface area contributed by atoms with E-state index in [1.807, 2.05) is 13.8 Å². The van der Waals surface area contributed by atoms with E-state index in [0.717, 1.165) is 12.0 Å². The lowest BCUT2D eigenvalue weighted by molar-refractivity contribution is -0.134. The summed E-state index contributed by atoms with van der Waals surface area (Å²) in [6.45, 7) is 4.30.